The largest absolute Gasteiger partial charge is 0.392 e. The standard InChI is InChI=1S/C19H30N4O3/c1-13(2)8-14-9-16(21-18(26)20-14)17(25)23-6-4-19(5-7-23)10-15(24)11-22(3)12-19/h9,13,15,24H,4-8,10-12H2,1-3H3,(H,20,21,26). The Bertz CT molecular complexity index is 695. The lowest BCUT2D eigenvalue weighted by Crippen LogP contribution is -2.53. The molecule has 3 rings (SSSR count). The molecule has 2 N–H and O–H groups in total. The number of hydrogen-bond acceptors (Lipinski definition) is 5. The predicted molar refractivity (Wildman–Crippen MR) is 99.1 cm³/mol. The molecule has 7 heteroatoms. The Morgan fingerprint density at radius 2 is 2.12 bits per heavy atom. The maximum atomic E-state index is 12.8. The van der Waals surface area contributed by atoms with Gasteiger partial charge in [-0.1, -0.05) is 13.8 Å². The molecule has 1 aromatic heterocycles. The molecule has 1 unspecified atom stereocenters. The summed E-state index contributed by atoms with van der Waals surface area (Å²) in [5.74, 6) is 0.223. The second-order valence-electron chi connectivity index (χ2n) is 8.54. The highest BCUT2D eigenvalue weighted by Crippen LogP contribution is 2.39. The summed E-state index contributed by atoms with van der Waals surface area (Å²) in [7, 11) is 2.04. The van der Waals surface area contributed by atoms with Crippen LogP contribution in [-0.2, 0) is 6.42 Å². The van der Waals surface area contributed by atoms with Crippen molar-refractivity contribution in [3.8, 4) is 0 Å². The van der Waals surface area contributed by atoms with E-state index in [4.69, 9.17) is 0 Å². The Kier molecular flexibility index (Phi) is 5.48. The Labute approximate surface area is 154 Å². The zero-order valence-electron chi connectivity index (χ0n) is 16.0. The number of aliphatic hydroxyl groups excluding tert-OH is 1. The summed E-state index contributed by atoms with van der Waals surface area (Å²) in [4.78, 5) is 35.3. The van der Waals surface area contributed by atoms with Crippen molar-refractivity contribution in [2.45, 2.75) is 45.6 Å². The van der Waals surface area contributed by atoms with E-state index < -0.39 is 5.69 Å². The van der Waals surface area contributed by atoms with E-state index in [2.05, 4.69) is 28.7 Å². The molecule has 26 heavy (non-hydrogen) atoms. The van der Waals surface area contributed by atoms with Gasteiger partial charge in [0, 0.05) is 31.9 Å². The fourth-order valence-corrected chi connectivity index (χ4v) is 4.50. The topological polar surface area (TPSA) is 89.5 Å². The average Bonchev–Trinajstić information content (AvgIpc) is 2.52. The molecule has 2 aliphatic rings. The number of carbonyl (C=O) groups is 1. The first-order valence-corrected chi connectivity index (χ1v) is 9.52. The highest BCUT2D eigenvalue weighted by molar-refractivity contribution is 5.92. The van der Waals surface area contributed by atoms with E-state index in [0.29, 0.717) is 25.4 Å². The van der Waals surface area contributed by atoms with Gasteiger partial charge in [-0.15, -0.1) is 0 Å². The Morgan fingerprint density at radius 1 is 1.42 bits per heavy atom. The van der Waals surface area contributed by atoms with Gasteiger partial charge in [-0.25, -0.2) is 4.79 Å². The smallest absolute Gasteiger partial charge is 0.345 e. The molecule has 0 aromatic carbocycles. The van der Waals surface area contributed by atoms with E-state index in [1.807, 2.05) is 7.05 Å². The molecule has 2 aliphatic heterocycles. The van der Waals surface area contributed by atoms with Crippen molar-refractivity contribution in [1.82, 2.24) is 19.8 Å². The van der Waals surface area contributed by atoms with Crippen molar-refractivity contribution >= 4 is 5.91 Å². The highest BCUT2D eigenvalue weighted by atomic mass is 16.3. The third-order valence-corrected chi connectivity index (χ3v) is 5.56. The Balaban J connectivity index is 1.69. The van der Waals surface area contributed by atoms with Gasteiger partial charge < -0.3 is 19.9 Å². The van der Waals surface area contributed by atoms with Gasteiger partial charge in [0.15, 0.2) is 0 Å². The van der Waals surface area contributed by atoms with Crippen molar-refractivity contribution in [3.63, 3.8) is 0 Å². The molecule has 1 atom stereocenters. The number of aliphatic hydroxyl groups is 1. The lowest BCUT2D eigenvalue weighted by molar-refractivity contribution is -0.0287. The molecule has 7 nitrogen and oxygen atoms in total. The minimum absolute atomic E-state index is 0.0909. The molecular weight excluding hydrogens is 332 g/mol. The normalized spacial score (nSPS) is 23.6. The van der Waals surface area contributed by atoms with Gasteiger partial charge in [-0.2, -0.15) is 4.98 Å². The monoisotopic (exact) mass is 362 g/mol. The van der Waals surface area contributed by atoms with E-state index in [1.54, 1.807) is 11.0 Å². The van der Waals surface area contributed by atoms with Crippen LogP contribution in [0.25, 0.3) is 0 Å². The minimum Gasteiger partial charge on any atom is -0.392 e. The zero-order valence-corrected chi connectivity index (χ0v) is 16.0. The van der Waals surface area contributed by atoms with Crippen LogP contribution in [0.5, 0.6) is 0 Å². The van der Waals surface area contributed by atoms with Crippen LogP contribution in [-0.4, -0.2) is 70.1 Å². The number of rotatable bonds is 3. The van der Waals surface area contributed by atoms with Crippen LogP contribution in [0, 0.1) is 11.3 Å². The second-order valence-corrected chi connectivity index (χ2v) is 8.54. The number of carbonyl (C=O) groups excluding carboxylic acids is 1. The highest BCUT2D eigenvalue weighted by Gasteiger charge is 2.41. The number of likely N-dealkylation sites (N-methyl/N-ethyl adjacent to an activating group) is 1. The van der Waals surface area contributed by atoms with E-state index in [1.165, 1.54) is 0 Å². The van der Waals surface area contributed by atoms with Crippen molar-refractivity contribution in [2.24, 2.45) is 11.3 Å². The number of aromatic nitrogens is 2. The fourth-order valence-electron chi connectivity index (χ4n) is 4.50. The summed E-state index contributed by atoms with van der Waals surface area (Å²) in [6, 6.07) is 1.71. The van der Waals surface area contributed by atoms with E-state index in [-0.39, 0.29) is 23.1 Å². The summed E-state index contributed by atoms with van der Waals surface area (Å²) in [6.07, 6.45) is 2.99. The molecule has 2 saturated heterocycles. The number of H-pyrrole nitrogens is 1. The maximum Gasteiger partial charge on any atom is 0.345 e. The van der Waals surface area contributed by atoms with Crippen LogP contribution in [0.4, 0.5) is 0 Å². The molecule has 2 fully saturated rings. The molecule has 0 saturated carbocycles. The quantitative estimate of drug-likeness (QED) is 0.833. The van der Waals surface area contributed by atoms with Crippen LogP contribution in [0.15, 0.2) is 10.9 Å². The molecule has 0 bridgehead atoms. The molecule has 3 heterocycles. The van der Waals surface area contributed by atoms with Crippen LogP contribution in [0.1, 0.15) is 49.3 Å². The number of aromatic amines is 1. The minimum atomic E-state index is -0.461. The van der Waals surface area contributed by atoms with Crippen LogP contribution in [0.3, 0.4) is 0 Å². The van der Waals surface area contributed by atoms with Gasteiger partial charge >= 0.3 is 5.69 Å². The first kappa shape index (κ1) is 19.0. The zero-order chi connectivity index (χ0) is 18.9. The SMILES string of the molecule is CC(C)Cc1cc(C(=O)N2CCC3(CC2)CC(O)CN(C)C3)nc(=O)[nH]1. The first-order chi connectivity index (χ1) is 12.3. The number of nitrogens with one attached hydrogen (secondary N) is 1. The number of piperidine rings is 2. The van der Waals surface area contributed by atoms with E-state index in [0.717, 1.165) is 38.0 Å². The molecule has 1 spiro atoms. The summed E-state index contributed by atoms with van der Waals surface area (Å²) in [6.45, 7) is 7.12. The van der Waals surface area contributed by atoms with Gasteiger partial charge in [-0.3, -0.25) is 4.79 Å². The summed E-state index contributed by atoms with van der Waals surface area (Å²) in [5, 5.41) is 10.1. The third kappa shape index (κ3) is 4.32. The Morgan fingerprint density at radius 3 is 2.73 bits per heavy atom. The molecule has 144 valence electrons. The molecular formula is C19H30N4O3. The lowest BCUT2D eigenvalue weighted by Gasteiger charge is -2.48. The van der Waals surface area contributed by atoms with Crippen LogP contribution >= 0.6 is 0 Å². The summed E-state index contributed by atoms with van der Waals surface area (Å²) >= 11 is 0. The first-order valence-electron chi connectivity index (χ1n) is 9.52. The lowest BCUT2D eigenvalue weighted by atomic mass is 9.71. The fraction of sp³-hybridized carbons (Fsp3) is 0.737. The summed E-state index contributed by atoms with van der Waals surface area (Å²) in [5.41, 5.74) is 0.625. The number of hydrogen-bond donors (Lipinski definition) is 2. The average molecular weight is 362 g/mol. The van der Waals surface area contributed by atoms with Gasteiger partial charge in [-0.05, 0) is 50.1 Å². The van der Waals surface area contributed by atoms with Crippen molar-refractivity contribution in [3.05, 3.63) is 27.9 Å². The van der Waals surface area contributed by atoms with Crippen LogP contribution in [0.2, 0.25) is 0 Å². The number of likely N-dealkylation sites (tertiary alicyclic amines) is 2. The van der Waals surface area contributed by atoms with Gasteiger partial charge in [0.05, 0.1) is 6.10 Å². The maximum absolute atomic E-state index is 12.8. The van der Waals surface area contributed by atoms with Gasteiger partial charge in [0.25, 0.3) is 5.91 Å². The molecule has 1 amide bonds. The van der Waals surface area contributed by atoms with Gasteiger partial charge in [0.1, 0.15) is 5.69 Å². The van der Waals surface area contributed by atoms with Crippen molar-refractivity contribution in [2.75, 3.05) is 33.2 Å². The van der Waals surface area contributed by atoms with Crippen molar-refractivity contribution < 1.29 is 9.90 Å². The van der Waals surface area contributed by atoms with Crippen LogP contribution < -0.4 is 5.69 Å². The van der Waals surface area contributed by atoms with Gasteiger partial charge in [0.2, 0.25) is 0 Å². The molecule has 1 aromatic rings. The van der Waals surface area contributed by atoms with Crippen molar-refractivity contribution in [1.29, 1.82) is 0 Å². The second kappa shape index (κ2) is 7.48. The van der Waals surface area contributed by atoms with E-state index in [9.17, 15) is 14.7 Å². The molecule has 0 radical (unpaired) electrons. The third-order valence-electron chi connectivity index (χ3n) is 5.56. The predicted octanol–water partition coefficient (Wildman–Crippen LogP) is 0.887. The number of amides is 1. The Hall–Kier alpha value is -1.73. The molecule has 0 aliphatic carbocycles. The van der Waals surface area contributed by atoms with E-state index >= 15 is 0 Å². The number of nitrogens with zero attached hydrogens (tertiary/aromatic N) is 3. The summed E-state index contributed by atoms with van der Waals surface area (Å²) < 4.78 is 0. The number of β-amino-alcohol motifs (C(OH)–C–C–N with tert-alkyl or cyclic N) is 1.